The van der Waals surface area contributed by atoms with Gasteiger partial charge in [0.1, 0.15) is 6.04 Å². The highest BCUT2D eigenvalue weighted by atomic mass is 16.2. The highest BCUT2D eigenvalue weighted by Gasteiger charge is 2.37. The fraction of sp³-hybridized carbons (Fsp3) is 0.556. The minimum atomic E-state index is -0.574. The molecule has 1 aromatic carbocycles. The third kappa shape index (κ3) is 3.55. The number of hydrogen-bond acceptors (Lipinski definition) is 3. The van der Waals surface area contributed by atoms with E-state index in [0.29, 0.717) is 32.4 Å². The lowest BCUT2D eigenvalue weighted by molar-refractivity contribution is -0.135. The van der Waals surface area contributed by atoms with Crippen LogP contribution in [0.5, 0.6) is 0 Å². The number of benzene rings is 1. The monoisotopic (exact) mass is 317 g/mol. The number of rotatable bonds is 6. The van der Waals surface area contributed by atoms with Crippen LogP contribution in [0.15, 0.2) is 30.3 Å². The van der Waals surface area contributed by atoms with Crippen LogP contribution in [0.1, 0.15) is 39.5 Å². The number of nitrogens with two attached hydrogens (primary N) is 1. The van der Waals surface area contributed by atoms with Gasteiger partial charge >= 0.3 is 0 Å². The number of para-hydroxylation sites is 1. The van der Waals surface area contributed by atoms with E-state index in [4.69, 9.17) is 5.73 Å². The van der Waals surface area contributed by atoms with Gasteiger partial charge in [0.05, 0.1) is 5.41 Å². The molecule has 5 heteroatoms. The fourth-order valence-corrected chi connectivity index (χ4v) is 3.14. The van der Waals surface area contributed by atoms with Crippen LogP contribution in [0.4, 0.5) is 5.69 Å². The van der Waals surface area contributed by atoms with E-state index in [1.54, 1.807) is 4.90 Å². The average molecular weight is 317 g/mol. The Bertz CT molecular complexity index is 532. The van der Waals surface area contributed by atoms with Gasteiger partial charge in [0, 0.05) is 18.8 Å². The summed E-state index contributed by atoms with van der Waals surface area (Å²) in [7, 11) is 0. The van der Waals surface area contributed by atoms with Crippen LogP contribution in [-0.4, -0.2) is 30.9 Å². The molecule has 1 aromatic rings. The number of nitrogens with one attached hydrogen (secondary N) is 1. The lowest BCUT2D eigenvalue weighted by Gasteiger charge is -2.35. The molecule has 3 N–H and O–H groups in total. The zero-order valence-corrected chi connectivity index (χ0v) is 14.0. The summed E-state index contributed by atoms with van der Waals surface area (Å²) in [5.74, 6) is -0.132. The lowest BCUT2D eigenvalue weighted by atomic mass is 9.81. The predicted octanol–water partition coefficient (Wildman–Crippen LogP) is 2.06. The molecule has 0 spiro atoms. The molecule has 1 heterocycles. The molecule has 5 nitrogen and oxygen atoms in total. The maximum atomic E-state index is 12.7. The molecule has 0 saturated carbocycles. The second-order valence-corrected chi connectivity index (χ2v) is 6.19. The van der Waals surface area contributed by atoms with Crippen LogP contribution in [0.3, 0.4) is 0 Å². The maximum Gasteiger partial charge on any atom is 0.249 e. The average Bonchev–Trinajstić information content (AvgIpc) is 2.59. The van der Waals surface area contributed by atoms with Gasteiger partial charge in [0.15, 0.2) is 0 Å². The van der Waals surface area contributed by atoms with Crippen LogP contribution >= 0.6 is 0 Å². The minimum Gasteiger partial charge on any atom is -0.344 e. The third-order valence-electron chi connectivity index (χ3n) is 5.04. The molecule has 1 atom stereocenters. The summed E-state index contributed by atoms with van der Waals surface area (Å²) in [6.45, 7) is 4.93. The largest absolute Gasteiger partial charge is 0.344 e. The predicted molar refractivity (Wildman–Crippen MR) is 92.0 cm³/mol. The molecule has 1 aliphatic rings. The fourth-order valence-electron chi connectivity index (χ4n) is 3.14. The van der Waals surface area contributed by atoms with Gasteiger partial charge in [0.25, 0.3) is 0 Å². The van der Waals surface area contributed by atoms with E-state index >= 15 is 0 Å². The Labute approximate surface area is 138 Å². The number of hydrogen-bond donors (Lipinski definition) is 2. The Kier molecular flexibility index (Phi) is 5.77. The smallest absolute Gasteiger partial charge is 0.249 e. The van der Waals surface area contributed by atoms with Crippen LogP contribution in [-0.2, 0) is 9.59 Å². The summed E-state index contributed by atoms with van der Waals surface area (Å²) < 4.78 is 0. The summed E-state index contributed by atoms with van der Waals surface area (Å²) in [5, 5.41) is 2.95. The molecule has 0 bridgehead atoms. The van der Waals surface area contributed by atoms with E-state index in [9.17, 15) is 9.59 Å². The highest BCUT2D eigenvalue weighted by molar-refractivity contribution is 6.00. The number of carbonyl (C=O) groups excluding carboxylic acids is 2. The van der Waals surface area contributed by atoms with Crippen LogP contribution < -0.4 is 16.0 Å². The van der Waals surface area contributed by atoms with E-state index in [1.165, 1.54) is 0 Å². The molecule has 2 rings (SSSR count). The molecule has 1 aliphatic heterocycles. The standard InChI is InChI=1S/C18H27N3O2/c1-3-18(4-2,13-19)17(23)20-15-11-8-12-21(16(15)22)14-9-6-5-7-10-14/h5-7,9-10,15H,3-4,8,11-13,19H2,1-2H3,(H,20,23). The molecule has 1 saturated heterocycles. The van der Waals surface area contributed by atoms with Crippen molar-refractivity contribution in [3.05, 3.63) is 30.3 Å². The van der Waals surface area contributed by atoms with E-state index in [1.807, 2.05) is 44.2 Å². The van der Waals surface area contributed by atoms with Gasteiger partial charge in [-0.05, 0) is 37.8 Å². The molecule has 2 amide bonds. The van der Waals surface area contributed by atoms with Crippen LogP contribution in [0.25, 0.3) is 0 Å². The van der Waals surface area contributed by atoms with Gasteiger partial charge in [-0.1, -0.05) is 32.0 Å². The van der Waals surface area contributed by atoms with Crippen molar-refractivity contribution in [2.45, 2.75) is 45.6 Å². The normalized spacial score (nSPS) is 18.8. The molecular weight excluding hydrogens is 290 g/mol. The van der Waals surface area contributed by atoms with E-state index < -0.39 is 11.5 Å². The number of anilines is 1. The Morgan fingerprint density at radius 3 is 2.52 bits per heavy atom. The van der Waals surface area contributed by atoms with Crippen molar-refractivity contribution in [2.75, 3.05) is 18.0 Å². The first-order valence-electron chi connectivity index (χ1n) is 8.45. The lowest BCUT2D eigenvalue weighted by Crippen LogP contribution is -2.56. The molecule has 0 aliphatic carbocycles. The van der Waals surface area contributed by atoms with Gasteiger partial charge in [-0.25, -0.2) is 0 Å². The third-order valence-corrected chi connectivity index (χ3v) is 5.04. The number of piperidine rings is 1. The number of carbonyl (C=O) groups is 2. The van der Waals surface area contributed by atoms with Crippen molar-refractivity contribution in [2.24, 2.45) is 11.1 Å². The quantitative estimate of drug-likeness (QED) is 0.843. The molecule has 0 radical (unpaired) electrons. The van der Waals surface area contributed by atoms with Crippen molar-refractivity contribution < 1.29 is 9.59 Å². The SMILES string of the molecule is CCC(CC)(CN)C(=O)NC1CCCN(c2ccccc2)C1=O. The van der Waals surface area contributed by atoms with Crippen molar-refractivity contribution in [1.29, 1.82) is 0 Å². The van der Waals surface area contributed by atoms with E-state index in [0.717, 1.165) is 12.1 Å². The zero-order valence-electron chi connectivity index (χ0n) is 14.0. The Morgan fingerprint density at radius 2 is 1.96 bits per heavy atom. The van der Waals surface area contributed by atoms with Gasteiger partial charge < -0.3 is 16.0 Å². The van der Waals surface area contributed by atoms with Gasteiger partial charge in [-0.15, -0.1) is 0 Å². The first-order chi connectivity index (χ1) is 11.1. The van der Waals surface area contributed by atoms with Gasteiger partial charge in [0.2, 0.25) is 11.8 Å². The van der Waals surface area contributed by atoms with E-state index in [-0.39, 0.29) is 11.8 Å². The first-order valence-corrected chi connectivity index (χ1v) is 8.45. The molecular formula is C18H27N3O2. The summed E-state index contributed by atoms with van der Waals surface area (Å²) in [6, 6.07) is 9.14. The zero-order chi connectivity index (χ0) is 16.9. The maximum absolute atomic E-state index is 12.7. The van der Waals surface area contributed by atoms with Crippen molar-refractivity contribution in [3.63, 3.8) is 0 Å². The Morgan fingerprint density at radius 1 is 1.30 bits per heavy atom. The summed E-state index contributed by atoms with van der Waals surface area (Å²) in [5.41, 5.74) is 6.14. The Balaban J connectivity index is 2.11. The summed E-state index contributed by atoms with van der Waals surface area (Å²) in [4.78, 5) is 27.1. The second kappa shape index (κ2) is 7.59. The number of nitrogens with zero attached hydrogens (tertiary/aromatic N) is 1. The van der Waals surface area contributed by atoms with Crippen molar-refractivity contribution in [3.8, 4) is 0 Å². The van der Waals surface area contributed by atoms with Crippen molar-refractivity contribution in [1.82, 2.24) is 5.32 Å². The summed E-state index contributed by atoms with van der Waals surface area (Å²) >= 11 is 0. The molecule has 1 unspecified atom stereocenters. The summed E-state index contributed by atoms with van der Waals surface area (Å²) in [6.07, 6.45) is 2.91. The Hall–Kier alpha value is -1.88. The molecule has 23 heavy (non-hydrogen) atoms. The van der Waals surface area contributed by atoms with Crippen LogP contribution in [0.2, 0.25) is 0 Å². The first kappa shape index (κ1) is 17.5. The van der Waals surface area contributed by atoms with Crippen LogP contribution in [0, 0.1) is 5.41 Å². The molecule has 1 fully saturated rings. The number of amides is 2. The topological polar surface area (TPSA) is 75.4 Å². The van der Waals surface area contributed by atoms with E-state index in [2.05, 4.69) is 5.32 Å². The second-order valence-electron chi connectivity index (χ2n) is 6.19. The molecule has 126 valence electrons. The van der Waals surface area contributed by atoms with Gasteiger partial charge in [-0.2, -0.15) is 0 Å². The van der Waals surface area contributed by atoms with Crippen molar-refractivity contribution >= 4 is 17.5 Å². The van der Waals surface area contributed by atoms with Gasteiger partial charge in [-0.3, -0.25) is 9.59 Å². The highest BCUT2D eigenvalue weighted by Crippen LogP contribution is 2.27. The minimum absolute atomic E-state index is 0.0334. The molecule has 0 aromatic heterocycles.